The van der Waals surface area contributed by atoms with Crippen molar-refractivity contribution < 1.29 is 28.3 Å². The molecule has 10 nitrogen and oxygen atoms in total. The second kappa shape index (κ2) is 12.4. The minimum atomic E-state index is -0.614. The number of aromatic nitrogens is 3. The van der Waals surface area contributed by atoms with Gasteiger partial charge in [0, 0.05) is 6.54 Å². The number of carbonyl (C=O) groups is 3. The van der Waals surface area contributed by atoms with Crippen LogP contribution < -0.4 is 5.32 Å². The fraction of sp³-hybridized carbons (Fsp3) is 0.409. The Morgan fingerprint density at radius 1 is 1.14 bits per heavy atom. The molecule has 0 fully saturated rings. The molecule has 1 N–H and O–H groups in total. The summed E-state index contributed by atoms with van der Waals surface area (Å²) in [5.41, 5.74) is 0.560. The predicted molar refractivity (Wildman–Crippen MR) is 136 cm³/mol. The van der Waals surface area contributed by atoms with Crippen molar-refractivity contribution in [3.63, 3.8) is 0 Å². The zero-order chi connectivity index (χ0) is 25.5. The molecule has 3 aromatic heterocycles. The second-order valence-corrected chi connectivity index (χ2v) is 9.84. The smallest absolute Gasteiger partial charge is 0.348 e. The molecule has 0 aliphatic rings. The lowest BCUT2D eigenvalue weighted by molar-refractivity contribution is -0.113. The first-order chi connectivity index (χ1) is 16.8. The molecule has 0 radical (unpaired) electrons. The van der Waals surface area contributed by atoms with Crippen LogP contribution in [-0.4, -0.2) is 51.6 Å². The van der Waals surface area contributed by atoms with Crippen molar-refractivity contribution >= 4 is 61.9 Å². The number of esters is 2. The lowest BCUT2D eigenvalue weighted by atomic mass is 10.1. The average molecular weight is 586 g/mol. The Morgan fingerprint density at radius 3 is 2.49 bits per heavy atom. The van der Waals surface area contributed by atoms with Gasteiger partial charge in [0.2, 0.25) is 11.7 Å². The normalized spacial score (nSPS) is 10.9. The van der Waals surface area contributed by atoms with E-state index in [2.05, 4.69) is 31.4 Å². The number of halogens is 1. The van der Waals surface area contributed by atoms with Crippen LogP contribution >= 0.6 is 39.0 Å². The maximum Gasteiger partial charge on any atom is 0.348 e. The maximum absolute atomic E-state index is 12.8. The van der Waals surface area contributed by atoms with E-state index in [0.29, 0.717) is 33.5 Å². The highest BCUT2D eigenvalue weighted by molar-refractivity contribution is 9.10. The highest BCUT2D eigenvalue weighted by atomic mass is 79.9. The number of hydrogen-bond acceptors (Lipinski definition) is 10. The third-order valence-electron chi connectivity index (χ3n) is 4.63. The fourth-order valence-corrected chi connectivity index (χ4v) is 5.35. The molecule has 0 aliphatic carbocycles. The monoisotopic (exact) mass is 584 g/mol. The van der Waals surface area contributed by atoms with E-state index in [1.807, 2.05) is 11.5 Å². The standard InChI is InChI=1S/C22H25BrN4O6S2/c1-5-10-27-18(13-8-9-14(23)33-13)25-26-22(27)34-11-15(28)24-19-16(20(29)31-6-2)12(4)17(35-19)21(30)32-7-3/h8-9H,5-7,10-11H2,1-4H3,(H,24,28). The van der Waals surface area contributed by atoms with Crippen molar-refractivity contribution in [2.75, 3.05) is 24.3 Å². The van der Waals surface area contributed by atoms with Gasteiger partial charge in [-0.15, -0.1) is 21.5 Å². The molecule has 0 atom stereocenters. The zero-order valence-corrected chi connectivity index (χ0v) is 22.9. The van der Waals surface area contributed by atoms with Crippen LogP contribution in [0.3, 0.4) is 0 Å². The van der Waals surface area contributed by atoms with Crippen LogP contribution in [0.4, 0.5) is 5.00 Å². The number of ether oxygens (including phenoxy) is 2. The van der Waals surface area contributed by atoms with Crippen LogP contribution in [0.15, 0.2) is 26.4 Å². The van der Waals surface area contributed by atoms with E-state index < -0.39 is 11.9 Å². The number of carbonyl (C=O) groups excluding carboxylic acids is 3. The molecule has 3 rings (SSSR count). The van der Waals surface area contributed by atoms with Gasteiger partial charge in [-0.3, -0.25) is 9.36 Å². The molecule has 0 aromatic carbocycles. The Hall–Kier alpha value is -2.64. The second-order valence-electron chi connectivity index (χ2n) is 7.10. The van der Waals surface area contributed by atoms with Crippen LogP contribution in [0.5, 0.6) is 0 Å². The van der Waals surface area contributed by atoms with Crippen molar-refractivity contribution in [3.8, 4) is 11.6 Å². The topological polar surface area (TPSA) is 126 Å². The Labute approximate surface area is 218 Å². The lowest BCUT2D eigenvalue weighted by Crippen LogP contribution is -2.17. The van der Waals surface area contributed by atoms with Gasteiger partial charge in [0.1, 0.15) is 9.88 Å². The fourth-order valence-electron chi connectivity index (χ4n) is 3.17. The van der Waals surface area contributed by atoms with Gasteiger partial charge in [-0.1, -0.05) is 18.7 Å². The molecular formula is C22H25BrN4O6S2. The van der Waals surface area contributed by atoms with Gasteiger partial charge >= 0.3 is 11.9 Å². The van der Waals surface area contributed by atoms with Crippen LogP contribution in [0.25, 0.3) is 11.6 Å². The molecule has 0 aliphatic heterocycles. The number of hydrogen-bond donors (Lipinski definition) is 1. The van der Waals surface area contributed by atoms with Crippen molar-refractivity contribution in [1.82, 2.24) is 14.8 Å². The van der Waals surface area contributed by atoms with Gasteiger partial charge < -0.3 is 19.2 Å². The number of thiophene rings is 1. The predicted octanol–water partition coefficient (Wildman–Crippen LogP) is 5.16. The van der Waals surface area contributed by atoms with Gasteiger partial charge in [0.15, 0.2) is 15.6 Å². The van der Waals surface area contributed by atoms with Crippen LogP contribution in [0, 0.1) is 6.92 Å². The van der Waals surface area contributed by atoms with Crippen LogP contribution in [-0.2, 0) is 20.8 Å². The summed E-state index contributed by atoms with van der Waals surface area (Å²) < 4.78 is 18.3. The van der Waals surface area contributed by atoms with Gasteiger partial charge in [-0.05, 0) is 60.8 Å². The number of nitrogens with zero attached hydrogens (tertiary/aromatic N) is 3. The summed E-state index contributed by atoms with van der Waals surface area (Å²) in [4.78, 5) is 37.9. The lowest BCUT2D eigenvalue weighted by Gasteiger charge is -2.08. The minimum absolute atomic E-state index is 0.0116. The first-order valence-corrected chi connectivity index (χ1v) is 13.5. The summed E-state index contributed by atoms with van der Waals surface area (Å²) in [7, 11) is 0. The molecule has 0 bridgehead atoms. The molecule has 188 valence electrons. The zero-order valence-electron chi connectivity index (χ0n) is 19.7. The first kappa shape index (κ1) is 27.0. The van der Waals surface area contributed by atoms with Crippen LogP contribution in [0.1, 0.15) is 52.8 Å². The SMILES string of the molecule is CCCn1c(SCC(=O)Nc2sc(C(=O)OCC)c(C)c2C(=O)OCC)nnc1-c1ccc(Br)o1. The average Bonchev–Trinajstić information content (AvgIpc) is 3.50. The summed E-state index contributed by atoms with van der Waals surface area (Å²) in [6, 6.07) is 3.56. The van der Waals surface area contributed by atoms with Gasteiger partial charge in [0.25, 0.3) is 0 Å². The minimum Gasteiger partial charge on any atom is -0.462 e. The third kappa shape index (κ3) is 6.33. The largest absolute Gasteiger partial charge is 0.462 e. The van der Waals surface area contributed by atoms with Gasteiger partial charge in [0.05, 0.1) is 24.5 Å². The first-order valence-electron chi connectivity index (χ1n) is 10.9. The number of amides is 1. The summed E-state index contributed by atoms with van der Waals surface area (Å²) in [6.07, 6.45) is 0.834. The maximum atomic E-state index is 12.8. The third-order valence-corrected chi connectivity index (χ3v) is 7.21. The van der Waals surface area contributed by atoms with Gasteiger partial charge in [-0.2, -0.15) is 0 Å². The molecule has 35 heavy (non-hydrogen) atoms. The molecule has 0 unspecified atom stereocenters. The molecule has 1 amide bonds. The molecule has 13 heteroatoms. The molecule has 0 saturated carbocycles. The highest BCUT2D eigenvalue weighted by Crippen LogP contribution is 2.35. The van der Waals surface area contributed by atoms with E-state index in [0.717, 1.165) is 17.8 Å². The molecule has 3 heterocycles. The molecule has 0 spiro atoms. The molecule has 0 saturated heterocycles. The summed E-state index contributed by atoms with van der Waals surface area (Å²) >= 11 is 5.48. The summed E-state index contributed by atoms with van der Waals surface area (Å²) in [5, 5.41) is 12.0. The van der Waals surface area contributed by atoms with E-state index in [4.69, 9.17) is 13.9 Å². The van der Waals surface area contributed by atoms with E-state index >= 15 is 0 Å². The Balaban J connectivity index is 1.78. The number of thioether (sulfide) groups is 1. The van der Waals surface area contributed by atoms with Crippen molar-refractivity contribution in [3.05, 3.63) is 32.8 Å². The van der Waals surface area contributed by atoms with E-state index in [1.54, 1.807) is 32.9 Å². The van der Waals surface area contributed by atoms with E-state index in [-0.39, 0.29) is 40.3 Å². The number of nitrogens with one attached hydrogen (secondary N) is 1. The quantitative estimate of drug-likeness (QED) is 0.240. The Morgan fingerprint density at radius 2 is 1.86 bits per heavy atom. The Bertz CT molecular complexity index is 1220. The highest BCUT2D eigenvalue weighted by Gasteiger charge is 2.27. The van der Waals surface area contributed by atoms with Crippen LogP contribution in [0.2, 0.25) is 0 Å². The van der Waals surface area contributed by atoms with E-state index in [1.165, 1.54) is 11.8 Å². The molecular weight excluding hydrogens is 560 g/mol. The molecule has 3 aromatic rings. The van der Waals surface area contributed by atoms with E-state index in [9.17, 15) is 14.4 Å². The van der Waals surface area contributed by atoms with Crippen molar-refractivity contribution in [2.45, 2.75) is 45.8 Å². The Kier molecular flexibility index (Phi) is 9.52. The number of furan rings is 1. The van der Waals surface area contributed by atoms with Crippen molar-refractivity contribution in [1.29, 1.82) is 0 Å². The summed E-state index contributed by atoms with van der Waals surface area (Å²) in [5.74, 6) is -0.397. The van der Waals surface area contributed by atoms with Crippen molar-refractivity contribution in [2.24, 2.45) is 0 Å². The summed E-state index contributed by atoms with van der Waals surface area (Å²) in [6.45, 7) is 8.03. The number of anilines is 1. The number of rotatable bonds is 11. The van der Waals surface area contributed by atoms with Gasteiger partial charge in [-0.25, -0.2) is 9.59 Å².